The molecule has 23 heavy (non-hydrogen) atoms. The molecule has 0 unspecified atom stereocenters. The fourth-order valence-electron chi connectivity index (χ4n) is 2.84. The molecule has 2 N–H and O–H groups in total. The fourth-order valence-corrected chi connectivity index (χ4v) is 3.00. The van der Waals surface area contributed by atoms with Crippen molar-refractivity contribution in [2.24, 2.45) is 0 Å². The summed E-state index contributed by atoms with van der Waals surface area (Å²) in [5.74, 6) is -0.647. The van der Waals surface area contributed by atoms with Crippen LogP contribution in [-0.2, 0) is 0 Å². The number of nitrogens with zero attached hydrogens (tertiary/aromatic N) is 3. The molecule has 3 rings (SSSR count). The molecule has 1 aliphatic carbocycles. The minimum atomic E-state index is -0.647. The van der Waals surface area contributed by atoms with Crippen LogP contribution in [0.25, 0.3) is 11.3 Å². The third kappa shape index (κ3) is 3.76. The molecule has 0 aromatic carbocycles. The molecular formula is C16H18ClFN4O. The van der Waals surface area contributed by atoms with Gasteiger partial charge < -0.3 is 10.4 Å². The maximum absolute atomic E-state index is 13.9. The van der Waals surface area contributed by atoms with E-state index in [4.69, 9.17) is 11.6 Å². The number of aliphatic hydroxyl groups is 1. The molecule has 2 aromatic heterocycles. The van der Waals surface area contributed by atoms with Crippen molar-refractivity contribution in [1.29, 1.82) is 0 Å². The third-order valence-corrected chi connectivity index (χ3v) is 4.41. The Morgan fingerprint density at radius 2 is 1.96 bits per heavy atom. The molecule has 0 spiro atoms. The van der Waals surface area contributed by atoms with Gasteiger partial charge in [0.05, 0.1) is 5.60 Å². The van der Waals surface area contributed by atoms with Crippen LogP contribution >= 0.6 is 11.6 Å². The van der Waals surface area contributed by atoms with Gasteiger partial charge in [0, 0.05) is 35.9 Å². The van der Waals surface area contributed by atoms with Crippen molar-refractivity contribution < 1.29 is 9.50 Å². The Bertz CT molecular complexity index is 700. The monoisotopic (exact) mass is 336 g/mol. The zero-order valence-corrected chi connectivity index (χ0v) is 13.5. The number of pyridine rings is 1. The molecule has 7 heteroatoms. The highest BCUT2D eigenvalue weighted by Gasteiger charge is 2.29. The van der Waals surface area contributed by atoms with Crippen molar-refractivity contribution in [2.45, 2.75) is 44.2 Å². The number of halogens is 2. The van der Waals surface area contributed by atoms with Crippen molar-refractivity contribution in [1.82, 2.24) is 15.0 Å². The first-order valence-corrected chi connectivity index (χ1v) is 7.94. The van der Waals surface area contributed by atoms with Crippen molar-refractivity contribution in [3.05, 3.63) is 35.8 Å². The van der Waals surface area contributed by atoms with Crippen molar-refractivity contribution in [3.63, 3.8) is 0 Å². The molecule has 0 radical (unpaired) electrons. The lowest BCUT2D eigenvalue weighted by Crippen LogP contribution is -2.35. The van der Waals surface area contributed by atoms with Gasteiger partial charge in [0.25, 0.3) is 0 Å². The van der Waals surface area contributed by atoms with E-state index in [9.17, 15) is 9.50 Å². The summed E-state index contributed by atoms with van der Waals surface area (Å²) in [7, 11) is 0. The van der Waals surface area contributed by atoms with E-state index in [1.54, 1.807) is 6.07 Å². The molecular weight excluding hydrogens is 319 g/mol. The summed E-state index contributed by atoms with van der Waals surface area (Å²) >= 11 is 5.99. The zero-order valence-electron chi connectivity index (χ0n) is 12.8. The van der Waals surface area contributed by atoms with Gasteiger partial charge in [-0.3, -0.25) is 0 Å². The summed E-state index contributed by atoms with van der Waals surface area (Å²) < 4.78 is 13.9. The Morgan fingerprint density at radius 1 is 1.26 bits per heavy atom. The second-order valence-corrected chi connectivity index (χ2v) is 6.55. The average Bonchev–Trinajstić information content (AvgIpc) is 2.51. The number of hydrogen-bond acceptors (Lipinski definition) is 5. The molecule has 0 aliphatic heterocycles. The van der Waals surface area contributed by atoms with Crippen LogP contribution in [0, 0.1) is 5.95 Å². The molecule has 1 aliphatic rings. The van der Waals surface area contributed by atoms with Gasteiger partial charge in [0.2, 0.25) is 5.95 Å². The van der Waals surface area contributed by atoms with Gasteiger partial charge in [-0.2, -0.15) is 4.39 Å². The summed E-state index contributed by atoms with van der Waals surface area (Å²) in [4.78, 5) is 11.7. The SMILES string of the molecule is CC1(O)CCC(Nc2cc(Cl)ncc2-c2nccnc2F)CC1. The maximum Gasteiger partial charge on any atom is 0.239 e. The predicted octanol–water partition coefficient (Wildman–Crippen LogP) is 3.44. The molecule has 2 aromatic rings. The molecule has 0 bridgehead atoms. The highest BCUT2D eigenvalue weighted by atomic mass is 35.5. The van der Waals surface area contributed by atoms with Gasteiger partial charge in [-0.1, -0.05) is 11.6 Å². The normalized spacial score (nSPS) is 24.4. The smallest absolute Gasteiger partial charge is 0.239 e. The molecule has 1 fully saturated rings. The topological polar surface area (TPSA) is 70.9 Å². The molecule has 0 amide bonds. The summed E-state index contributed by atoms with van der Waals surface area (Å²) in [5.41, 5.74) is 0.740. The van der Waals surface area contributed by atoms with E-state index >= 15 is 0 Å². The van der Waals surface area contributed by atoms with Crippen LogP contribution in [0.5, 0.6) is 0 Å². The zero-order chi connectivity index (χ0) is 16.4. The van der Waals surface area contributed by atoms with Gasteiger partial charge in [-0.05, 0) is 38.7 Å². The Labute approximate surface area is 139 Å². The first-order valence-electron chi connectivity index (χ1n) is 7.56. The van der Waals surface area contributed by atoms with Crippen molar-refractivity contribution in [2.75, 3.05) is 5.32 Å². The molecule has 0 atom stereocenters. The van der Waals surface area contributed by atoms with Crippen LogP contribution in [-0.4, -0.2) is 31.7 Å². The van der Waals surface area contributed by atoms with Gasteiger partial charge in [0.15, 0.2) is 0 Å². The Morgan fingerprint density at radius 3 is 2.65 bits per heavy atom. The molecule has 5 nitrogen and oxygen atoms in total. The van der Waals surface area contributed by atoms with Crippen molar-refractivity contribution in [3.8, 4) is 11.3 Å². The lowest BCUT2D eigenvalue weighted by Gasteiger charge is -2.34. The van der Waals surface area contributed by atoms with Gasteiger partial charge >= 0.3 is 0 Å². The van der Waals surface area contributed by atoms with E-state index in [1.165, 1.54) is 18.6 Å². The maximum atomic E-state index is 13.9. The fraction of sp³-hybridized carbons (Fsp3) is 0.438. The van der Waals surface area contributed by atoms with Gasteiger partial charge in [0.1, 0.15) is 10.8 Å². The number of anilines is 1. The van der Waals surface area contributed by atoms with E-state index < -0.39 is 11.5 Å². The molecule has 0 saturated heterocycles. The Balaban J connectivity index is 1.87. The summed E-state index contributed by atoms with van der Waals surface area (Å²) in [6.45, 7) is 1.85. The van der Waals surface area contributed by atoms with E-state index in [0.717, 1.165) is 25.7 Å². The quantitative estimate of drug-likeness (QED) is 0.840. The summed E-state index contributed by atoms with van der Waals surface area (Å²) in [5, 5.41) is 13.8. The highest BCUT2D eigenvalue weighted by molar-refractivity contribution is 6.29. The van der Waals surface area contributed by atoms with Gasteiger partial charge in [-0.15, -0.1) is 0 Å². The second-order valence-electron chi connectivity index (χ2n) is 6.16. The van der Waals surface area contributed by atoms with Crippen LogP contribution in [0.2, 0.25) is 5.15 Å². The predicted molar refractivity (Wildman–Crippen MR) is 86.7 cm³/mol. The first kappa shape index (κ1) is 16.1. The van der Waals surface area contributed by atoms with E-state index in [1.807, 2.05) is 6.92 Å². The van der Waals surface area contributed by atoms with Crippen molar-refractivity contribution >= 4 is 17.3 Å². The standard InChI is InChI=1S/C16H18ClFN4O/c1-16(23)4-2-10(3-5-16)22-12-8-13(17)21-9-11(12)14-15(18)20-7-6-19-14/h6-10,23H,2-5H2,1H3,(H,21,22). The largest absolute Gasteiger partial charge is 0.390 e. The number of hydrogen-bond donors (Lipinski definition) is 2. The number of aromatic nitrogens is 3. The van der Waals surface area contributed by atoms with Crippen LogP contribution in [0.4, 0.5) is 10.1 Å². The summed E-state index contributed by atoms with van der Waals surface area (Å²) in [6.07, 6.45) is 7.34. The minimum absolute atomic E-state index is 0.141. The van der Waals surface area contributed by atoms with Crippen LogP contribution in [0.15, 0.2) is 24.7 Å². The summed E-state index contributed by atoms with van der Waals surface area (Å²) in [6, 6.07) is 1.85. The Hall–Kier alpha value is -1.79. The van der Waals surface area contributed by atoms with E-state index in [2.05, 4.69) is 20.3 Å². The lowest BCUT2D eigenvalue weighted by molar-refractivity contribution is 0.0196. The number of nitrogens with one attached hydrogen (secondary N) is 1. The molecule has 1 saturated carbocycles. The third-order valence-electron chi connectivity index (χ3n) is 4.20. The first-order chi connectivity index (χ1) is 10.9. The highest BCUT2D eigenvalue weighted by Crippen LogP contribution is 2.33. The Kier molecular flexibility index (Phi) is 4.46. The molecule has 2 heterocycles. The van der Waals surface area contributed by atoms with Crippen LogP contribution < -0.4 is 5.32 Å². The van der Waals surface area contributed by atoms with E-state index in [0.29, 0.717) is 16.4 Å². The van der Waals surface area contributed by atoms with E-state index in [-0.39, 0.29) is 11.7 Å². The molecule has 122 valence electrons. The second kappa shape index (κ2) is 6.37. The van der Waals surface area contributed by atoms with Crippen LogP contribution in [0.1, 0.15) is 32.6 Å². The minimum Gasteiger partial charge on any atom is -0.390 e. The van der Waals surface area contributed by atoms with Crippen LogP contribution in [0.3, 0.4) is 0 Å². The van der Waals surface area contributed by atoms with Gasteiger partial charge in [-0.25, -0.2) is 15.0 Å². The average molecular weight is 337 g/mol. The number of rotatable bonds is 3. The lowest BCUT2D eigenvalue weighted by atomic mass is 9.83.